The van der Waals surface area contributed by atoms with Crippen LogP contribution < -0.4 is 10.6 Å². The molecule has 18 heavy (non-hydrogen) atoms. The van der Waals surface area contributed by atoms with E-state index in [2.05, 4.69) is 65.2 Å². The number of hydrogen-bond acceptors (Lipinski definition) is 2. The highest BCUT2D eigenvalue weighted by Gasteiger charge is 2.17. The van der Waals surface area contributed by atoms with Gasteiger partial charge in [0.2, 0.25) is 0 Å². The van der Waals surface area contributed by atoms with Crippen molar-refractivity contribution in [3.63, 3.8) is 0 Å². The molecule has 0 amide bonds. The second kappa shape index (κ2) is 5.34. The average molecular weight is 238 g/mol. The van der Waals surface area contributed by atoms with Crippen molar-refractivity contribution in [1.82, 2.24) is 10.6 Å². The molecule has 0 unspecified atom stereocenters. The van der Waals surface area contributed by atoms with E-state index in [1.54, 1.807) is 0 Å². The maximum Gasteiger partial charge on any atom is 0.0453 e. The van der Waals surface area contributed by atoms with Crippen molar-refractivity contribution in [2.24, 2.45) is 0 Å². The number of piperazine rings is 1. The van der Waals surface area contributed by atoms with Gasteiger partial charge < -0.3 is 10.6 Å². The largest absolute Gasteiger partial charge is 0.314 e. The van der Waals surface area contributed by atoms with Crippen LogP contribution in [-0.4, -0.2) is 19.6 Å². The Balaban J connectivity index is 1.99. The van der Waals surface area contributed by atoms with Gasteiger partial charge in [0.05, 0.1) is 0 Å². The van der Waals surface area contributed by atoms with Crippen molar-refractivity contribution < 1.29 is 0 Å². The summed E-state index contributed by atoms with van der Waals surface area (Å²) < 4.78 is 0. The van der Waals surface area contributed by atoms with Crippen LogP contribution in [0.4, 0.5) is 0 Å². The lowest BCUT2D eigenvalue weighted by atomic mass is 9.94. The molecule has 2 N–H and O–H groups in total. The highest BCUT2D eigenvalue weighted by Crippen LogP contribution is 2.28. The highest BCUT2D eigenvalue weighted by atomic mass is 15.1. The van der Waals surface area contributed by atoms with Crippen molar-refractivity contribution in [2.45, 2.75) is 6.04 Å². The van der Waals surface area contributed by atoms with E-state index in [9.17, 15) is 0 Å². The summed E-state index contributed by atoms with van der Waals surface area (Å²) >= 11 is 0. The molecule has 1 heterocycles. The fourth-order valence-electron chi connectivity index (χ4n) is 2.55. The zero-order chi connectivity index (χ0) is 12.2. The molecule has 0 aliphatic carbocycles. The maximum atomic E-state index is 3.58. The van der Waals surface area contributed by atoms with Crippen LogP contribution >= 0.6 is 0 Å². The summed E-state index contributed by atoms with van der Waals surface area (Å²) in [6.45, 7) is 3.10. The Morgan fingerprint density at radius 3 is 2.39 bits per heavy atom. The van der Waals surface area contributed by atoms with E-state index in [-0.39, 0.29) is 0 Å². The lowest BCUT2D eigenvalue weighted by molar-refractivity contribution is 0.431. The SMILES string of the molecule is c1ccc(-c2ccccc2[C@H]2CNCCN2)cc1. The van der Waals surface area contributed by atoms with Gasteiger partial charge in [-0.2, -0.15) is 0 Å². The van der Waals surface area contributed by atoms with Gasteiger partial charge in [-0.25, -0.2) is 0 Å². The number of rotatable bonds is 2. The summed E-state index contributed by atoms with van der Waals surface area (Å²) in [5.41, 5.74) is 4.01. The lowest BCUT2D eigenvalue weighted by Gasteiger charge is -2.26. The molecule has 1 fully saturated rings. The smallest absolute Gasteiger partial charge is 0.0453 e. The predicted octanol–water partition coefficient (Wildman–Crippen LogP) is 2.59. The maximum absolute atomic E-state index is 3.58. The highest BCUT2D eigenvalue weighted by molar-refractivity contribution is 5.67. The summed E-state index contributed by atoms with van der Waals surface area (Å²) in [4.78, 5) is 0. The van der Waals surface area contributed by atoms with Crippen LogP contribution in [0, 0.1) is 0 Å². The molecule has 92 valence electrons. The first-order valence-electron chi connectivity index (χ1n) is 6.53. The fraction of sp³-hybridized carbons (Fsp3) is 0.250. The van der Waals surface area contributed by atoms with Gasteiger partial charge in [-0.1, -0.05) is 54.6 Å². The molecule has 1 saturated heterocycles. The Labute approximate surface area is 108 Å². The molecule has 2 heteroatoms. The predicted molar refractivity (Wildman–Crippen MR) is 75.5 cm³/mol. The third-order valence-corrected chi connectivity index (χ3v) is 3.46. The van der Waals surface area contributed by atoms with Gasteiger partial charge in [0.25, 0.3) is 0 Å². The summed E-state index contributed by atoms with van der Waals surface area (Å²) in [6.07, 6.45) is 0. The van der Waals surface area contributed by atoms with Crippen LogP contribution in [0.2, 0.25) is 0 Å². The zero-order valence-corrected chi connectivity index (χ0v) is 10.4. The lowest BCUT2D eigenvalue weighted by Crippen LogP contribution is -2.42. The molecular weight excluding hydrogens is 220 g/mol. The van der Waals surface area contributed by atoms with Gasteiger partial charge in [0.1, 0.15) is 0 Å². The molecule has 3 rings (SSSR count). The summed E-state index contributed by atoms with van der Waals surface area (Å²) in [5, 5.41) is 7.03. The molecule has 1 aliphatic rings. The number of nitrogens with one attached hydrogen (secondary N) is 2. The van der Waals surface area contributed by atoms with Crippen molar-refractivity contribution >= 4 is 0 Å². The second-order valence-corrected chi connectivity index (χ2v) is 4.66. The molecule has 0 spiro atoms. The quantitative estimate of drug-likeness (QED) is 0.840. The van der Waals surface area contributed by atoms with Gasteiger partial charge >= 0.3 is 0 Å². The Kier molecular flexibility index (Phi) is 3.40. The van der Waals surface area contributed by atoms with Crippen LogP contribution in [0.15, 0.2) is 54.6 Å². The standard InChI is InChI=1S/C16H18N2/c1-2-6-13(7-3-1)14-8-4-5-9-15(14)16-12-17-10-11-18-16/h1-9,16-18H,10-12H2/t16-/m1/s1. The normalized spacial score (nSPS) is 19.7. The number of benzene rings is 2. The fourth-order valence-corrected chi connectivity index (χ4v) is 2.55. The van der Waals surface area contributed by atoms with Crippen LogP contribution in [0.1, 0.15) is 11.6 Å². The van der Waals surface area contributed by atoms with E-state index in [0.29, 0.717) is 6.04 Å². The van der Waals surface area contributed by atoms with Crippen molar-refractivity contribution in [1.29, 1.82) is 0 Å². The molecule has 2 nitrogen and oxygen atoms in total. The molecule has 2 aromatic rings. The summed E-state index contributed by atoms with van der Waals surface area (Å²) in [5.74, 6) is 0. The molecule has 0 radical (unpaired) electrons. The van der Waals surface area contributed by atoms with E-state index in [1.165, 1.54) is 16.7 Å². The van der Waals surface area contributed by atoms with E-state index in [0.717, 1.165) is 19.6 Å². The zero-order valence-electron chi connectivity index (χ0n) is 10.4. The van der Waals surface area contributed by atoms with Crippen molar-refractivity contribution in [3.05, 3.63) is 60.2 Å². The minimum Gasteiger partial charge on any atom is -0.314 e. The minimum absolute atomic E-state index is 0.412. The van der Waals surface area contributed by atoms with Crippen molar-refractivity contribution in [2.75, 3.05) is 19.6 Å². The first-order chi connectivity index (χ1) is 8.95. The van der Waals surface area contributed by atoms with Crippen molar-refractivity contribution in [3.8, 4) is 11.1 Å². The number of hydrogen-bond donors (Lipinski definition) is 2. The van der Waals surface area contributed by atoms with Crippen LogP contribution in [0.25, 0.3) is 11.1 Å². The van der Waals surface area contributed by atoms with E-state index < -0.39 is 0 Å². The Bertz CT molecular complexity index is 502. The average Bonchev–Trinajstić information content (AvgIpc) is 2.49. The second-order valence-electron chi connectivity index (χ2n) is 4.66. The van der Waals surface area contributed by atoms with Gasteiger partial charge in [0.15, 0.2) is 0 Å². The summed E-state index contributed by atoms with van der Waals surface area (Å²) in [7, 11) is 0. The Morgan fingerprint density at radius 1 is 0.833 bits per heavy atom. The monoisotopic (exact) mass is 238 g/mol. The van der Waals surface area contributed by atoms with Gasteiger partial charge in [-0.05, 0) is 16.7 Å². The topological polar surface area (TPSA) is 24.1 Å². The molecule has 2 aromatic carbocycles. The van der Waals surface area contributed by atoms with Crippen LogP contribution in [0.3, 0.4) is 0 Å². The van der Waals surface area contributed by atoms with E-state index in [1.807, 2.05) is 0 Å². The molecule has 0 aromatic heterocycles. The van der Waals surface area contributed by atoms with E-state index >= 15 is 0 Å². The Morgan fingerprint density at radius 2 is 1.61 bits per heavy atom. The Hall–Kier alpha value is -1.64. The molecular formula is C16H18N2. The molecule has 0 saturated carbocycles. The van der Waals surface area contributed by atoms with Gasteiger partial charge in [-0.15, -0.1) is 0 Å². The molecule has 1 aliphatic heterocycles. The molecule has 1 atom stereocenters. The first-order valence-corrected chi connectivity index (χ1v) is 6.53. The van der Waals surface area contributed by atoms with E-state index in [4.69, 9.17) is 0 Å². The van der Waals surface area contributed by atoms with Gasteiger partial charge in [0, 0.05) is 25.7 Å². The third kappa shape index (κ3) is 2.30. The third-order valence-electron chi connectivity index (χ3n) is 3.46. The van der Waals surface area contributed by atoms with Gasteiger partial charge in [-0.3, -0.25) is 0 Å². The summed E-state index contributed by atoms with van der Waals surface area (Å²) in [6, 6.07) is 19.7. The molecule has 0 bridgehead atoms. The van der Waals surface area contributed by atoms with Crippen LogP contribution in [0.5, 0.6) is 0 Å². The van der Waals surface area contributed by atoms with Crippen LogP contribution in [-0.2, 0) is 0 Å². The first kappa shape index (κ1) is 11.5. The minimum atomic E-state index is 0.412.